The lowest BCUT2D eigenvalue weighted by Crippen LogP contribution is -2.41. The summed E-state index contributed by atoms with van der Waals surface area (Å²) in [6.07, 6.45) is 1.55. The van der Waals surface area contributed by atoms with E-state index in [1.54, 1.807) is 56.3 Å². The number of aromatic hydroxyl groups is 1. The molecule has 26 heavy (non-hydrogen) atoms. The van der Waals surface area contributed by atoms with E-state index in [-0.39, 0.29) is 17.8 Å². The van der Waals surface area contributed by atoms with Gasteiger partial charge in [-0.2, -0.15) is 0 Å². The van der Waals surface area contributed by atoms with Crippen LogP contribution in [-0.2, 0) is 5.60 Å². The summed E-state index contributed by atoms with van der Waals surface area (Å²) >= 11 is 0. The molecular weight excluding hydrogens is 330 g/mol. The molecule has 0 atom stereocenters. The Labute approximate surface area is 153 Å². The van der Waals surface area contributed by atoms with Gasteiger partial charge in [0.25, 0.3) is 5.91 Å². The number of benzene rings is 2. The Morgan fingerprint density at radius 3 is 2.35 bits per heavy atom. The number of carbonyl (C=O) groups excluding carboxylic acids is 1. The monoisotopic (exact) mass is 355 g/mol. The fraction of sp³-hybridized carbons (Fsp3) is 0.381. The number of nitrogens with zero attached hydrogens (tertiary/aromatic N) is 1. The van der Waals surface area contributed by atoms with Gasteiger partial charge in [-0.25, -0.2) is 0 Å². The number of rotatable bonds is 4. The van der Waals surface area contributed by atoms with Crippen LogP contribution in [0.25, 0.3) is 0 Å². The molecule has 1 heterocycles. The Bertz CT molecular complexity index is 756. The van der Waals surface area contributed by atoms with Crippen LogP contribution in [0.3, 0.4) is 0 Å². The summed E-state index contributed by atoms with van der Waals surface area (Å²) in [6.45, 7) is 4.72. The Morgan fingerprint density at radius 2 is 1.77 bits per heavy atom. The smallest absolute Gasteiger partial charge is 0.253 e. The highest BCUT2D eigenvalue weighted by atomic mass is 16.5. The van der Waals surface area contributed by atoms with Crippen LogP contribution >= 0.6 is 0 Å². The second kappa shape index (κ2) is 7.38. The SMILES string of the molecule is CC(C)(O)c1ccc(C(=O)N2CCC(Oc3cccc(O)c3)CC2)cc1. The number of hydrogen-bond donors (Lipinski definition) is 2. The molecule has 0 aromatic heterocycles. The first-order valence-electron chi connectivity index (χ1n) is 8.91. The molecule has 5 nitrogen and oxygen atoms in total. The predicted octanol–water partition coefficient (Wildman–Crippen LogP) is 3.30. The summed E-state index contributed by atoms with van der Waals surface area (Å²) in [6, 6.07) is 13.9. The number of phenols is 1. The van der Waals surface area contributed by atoms with Crippen LogP contribution in [0.15, 0.2) is 48.5 Å². The fourth-order valence-electron chi connectivity index (χ4n) is 3.13. The van der Waals surface area contributed by atoms with Crippen LogP contribution in [0.5, 0.6) is 11.5 Å². The summed E-state index contributed by atoms with van der Waals surface area (Å²) in [7, 11) is 0. The average molecular weight is 355 g/mol. The molecule has 0 saturated carbocycles. The van der Waals surface area contributed by atoms with Crippen LogP contribution in [0, 0.1) is 0 Å². The molecule has 0 spiro atoms. The highest BCUT2D eigenvalue weighted by molar-refractivity contribution is 5.94. The van der Waals surface area contributed by atoms with Gasteiger partial charge >= 0.3 is 0 Å². The van der Waals surface area contributed by atoms with Crippen LogP contribution < -0.4 is 4.74 Å². The summed E-state index contributed by atoms with van der Waals surface area (Å²) < 4.78 is 5.90. The van der Waals surface area contributed by atoms with Gasteiger partial charge in [0.15, 0.2) is 0 Å². The van der Waals surface area contributed by atoms with Crippen LogP contribution in [0.1, 0.15) is 42.6 Å². The average Bonchev–Trinajstić information content (AvgIpc) is 2.61. The summed E-state index contributed by atoms with van der Waals surface area (Å²) in [5.41, 5.74) is 0.501. The topological polar surface area (TPSA) is 70.0 Å². The second-order valence-corrected chi connectivity index (χ2v) is 7.24. The molecule has 2 N–H and O–H groups in total. The van der Waals surface area contributed by atoms with Gasteiger partial charge in [-0.05, 0) is 43.7 Å². The van der Waals surface area contributed by atoms with E-state index >= 15 is 0 Å². The van der Waals surface area contributed by atoms with Crippen molar-refractivity contribution in [3.63, 3.8) is 0 Å². The lowest BCUT2D eigenvalue weighted by molar-refractivity contribution is 0.0593. The Balaban J connectivity index is 1.56. The molecule has 1 aliphatic rings. The molecule has 1 aliphatic heterocycles. The number of likely N-dealkylation sites (tertiary alicyclic amines) is 1. The highest BCUT2D eigenvalue weighted by Gasteiger charge is 2.25. The largest absolute Gasteiger partial charge is 0.508 e. The zero-order valence-corrected chi connectivity index (χ0v) is 15.2. The summed E-state index contributed by atoms with van der Waals surface area (Å²) in [5, 5.41) is 19.5. The zero-order chi connectivity index (χ0) is 18.7. The molecule has 3 rings (SSSR count). The van der Waals surface area contributed by atoms with E-state index < -0.39 is 5.60 Å². The maximum Gasteiger partial charge on any atom is 0.253 e. The van der Waals surface area contributed by atoms with Gasteiger partial charge in [0, 0.05) is 37.6 Å². The quantitative estimate of drug-likeness (QED) is 0.883. The third-order valence-corrected chi connectivity index (χ3v) is 4.69. The number of carbonyl (C=O) groups is 1. The van der Waals surface area contributed by atoms with Crippen molar-refractivity contribution in [2.45, 2.75) is 38.4 Å². The van der Waals surface area contributed by atoms with Gasteiger partial charge in [0.1, 0.15) is 17.6 Å². The molecule has 5 heteroatoms. The molecule has 2 aromatic carbocycles. The van der Waals surface area contributed by atoms with Gasteiger partial charge < -0.3 is 19.8 Å². The van der Waals surface area contributed by atoms with Gasteiger partial charge in [-0.3, -0.25) is 4.79 Å². The molecule has 1 fully saturated rings. The van der Waals surface area contributed by atoms with Crippen LogP contribution in [0.2, 0.25) is 0 Å². The number of aliphatic hydroxyl groups is 1. The van der Waals surface area contributed by atoms with E-state index in [9.17, 15) is 15.0 Å². The first-order chi connectivity index (χ1) is 12.3. The zero-order valence-electron chi connectivity index (χ0n) is 15.2. The summed E-state index contributed by atoms with van der Waals surface area (Å²) in [4.78, 5) is 14.5. The van der Waals surface area contributed by atoms with Crippen LogP contribution in [-0.4, -0.2) is 40.2 Å². The van der Waals surface area contributed by atoms with Gasteiger partial charge in [-0.15, -0.1) is 0 Å². The van der Waals surface area contributed by atoms with Crippen molar-refractivity contribution in [2.24, 2.45) is 0 Å². The van der Waals surface area contributed by atoms with Crippen molar-refractivity contribution >= 4 is 5.91 Å². The highest BCUT2D eigenvalue weighted by Crippen LogP contribution is 2.24. The molecule has 1 saturated heterocycles. The van der Waals surface area contributed by atoms with Gasteiger partial charge in [-0.1, -0.05) is 18.2 Å². The van der Waals surface area contributed by atoms with Gasteiger partial charge in [0.05, 0.1) is 5.60 Å². The van der Waals surface area contributed by atoms with E-state index in [0.29, 0.717) is 24.4 Å². The molecule has 2 aromatic rings. The molecule has 138 valence electrons. The minimum absolute atomic E-state index is 0.00287. The molecule has 0 aliphatic carbocycles. The first kappa shape index (κ1) is 18.3. The second-order valence-electron chi connectivity index (χ2n) is 7.24. The molecule has 0 radical (unpaired) electrons. The molecule has 0 unspecified atom stereocenters. The first-order valence-corrected chi connectivity index (χ1v) is 8.91. The molecule has 0 bridgehead atoms. The minimum atomic E-state index is -0.914. The van der Waals surface area contributed by atoms with Crippen molar-refractivity contribution in [1.82, 2.24) is 4.90 Å². The van der Waals surface area contributed by atoms with Crippen molar-refractivity contribution in [3.05, 3.63) is 59.7 Å². The number of piperidine rings is 1. The minimum Gasteiger partial charge on any atom is -0.508 e. The van der Waals surface area contributed by atoms with E-state index in [4.69, 9.17) is 4.74 Å². The Kier molecular flexibility index (Phi) is 5.18. The van der Waals surface area contributed by atoms with Crippen LogP contribution in [0.4, 0.5) is 0 Å². The number of ether oxygens (including phenoxy) is 1. The third kappa shape index (κ3) is 4.35. The van der Waals surface area contributed by atoms with E-state index in [1.165, 1.54) is 0 Å². The van der Waals surface area contributed by atoms with E-state index in [1.807, 2.05) is 11.0 Å². The van der Waals surface area contributed by atoms with E-state index in [0.717, 1.165) is 18.4 Å². The summed E-state index contributed by atoms with van der Waals surface area (Å²) in [5.74, 6) is 0.838. The third-order valence-electron chi connectivity index (χ3n) is 4.69. The predicted molar refractivity (Wildman–Crippen MR) is 99.3 cm³/mol. The number of phenolic OH excluding ortho intramolecular Hbond substituents is 1. The van der Waals surface area contributed by atoms with Gasteiger partial charge in [0.2, 0.25) is 0 Å². The number of amides is 1. The van der Waals surface area contributed by atoms with Crippen molar-refractivity contribution in [3.8, 4) is 11.5 Å². The standard InChI is InChI=1S/C21H25NO4/c1-21(2,25)16-8-6-15(7-9-16)20(24)22-12-10-18(11-13-22)26-19-5-3-4-17(23)14-19/h3-9,14,18,23,25H,10-13H2,1-2H3. The maximum atomic E-state index is 12.7. The Morgan fingerprint density at radius 1 is 1.12 bits per heavy atom. The Hall–Kier alpha value is -2.53. The maximum absolute atomic E-state index is 12.7. The van der Waals surface area contributed by atoms with Crippen molar-refractivity contribution in [2.75, 3.05) is 13.1 Å². The van der Waals surface area contributed by atoms with Crippen molar-refractivity contribution < 1.29 is 19.7 Å². The van der Waals surface area contributed by atoms with E-state index in [2.05, 4.69) is 0 Å². The lowest BCUT2D eigenvalue weighted by atomic mass is 9.97. The normalized spacial score (nSPS) is 15.7. The molecular formula is C21H25NO4. The van der Waals surface area contributed by atoms with Crippen molar-refractivity contribution in [1.29, 1.82) is 0 Å². The lowest BCUT2D eigenvalue weighted by Gasteiger charge is -2.32. The fourth-order valence-corrected chi connectivity index (χ4v) is 3.13. The number of hydrogen-bond acceptors (Lipinski definition) is 4. The molecule has 1 amide bonds.